The molecule has 1 aromatic heterocycles. The van der Waals surface area contributed by atoms with E-state index in [1.54, 1.807) is 0 Å². The third kappa shape index (κ3) is 2.81. The molecule has 0 spiro atoms. The summed E-state index contributed by atoms with van der Waals surface area (Å²) in [5, 5.41) is 7.76. The molecule has 3 aromatic rings. The van der Waals surface area contributed by atoms with Crippen LogP contribution in [0.25, 0.3) is 10.9 Å². The number of carbonyl (C=O) groups is 1. The molecule has 0 radical (unpaired) electrons. The predicted octanol–water partition coefficient (Wildman–Crippen LogP) is 3.03. The number of ether oxygens (including phenoxy) is 2. The molecule has 2 aliphatic heterocycles. The Hall–Kier alpha value is -2.99. The van der Waals surface area contributed by atoms with Crippen molar-refractivity contribution in [1.29, 1.82) is 0 Å². The number of rotatable bonds is 4. The molecule has 0 saturated heterocycles. The minimum Gasteiger partial charge on any atom is -0.454 e. The second-order valence-corrected chi connectivity index (χ2v) is 7.32. The number of nitrogens with one attached hydrogen (secondary N) is 3. The zero-order valence-corrected chi connectivity index (χ0v) is 15.7. The fraction of sp³-hybridized carbons (Fsp3) is 0.318. The highest BCUT2D eigenvalue weighted by molar-refractivity contribution is 5.88. The summed E-state index contributed by atoms with van der Waals surface area (Å²) in [4.78, 5) is 16.3. The lowest BCUT2D eigenvalue weighted by molar-refractivity contribution is -0.123. The molecule has 6 heteroatoms. The quantitative estimate of drug-likeness (QED) is 0.653. The smallest absolute Gasteiger partial charge is 0.237 e. The Balaban J connectivity index is 1.58. The first-order valence-corrected chi connectivity index (χ1v) is 9.77. The molecule has 0 aliphatic carbocycles. The molecule has 3 N–H and O–H groups in total. The standard InChI is InChI=1S/C22H23N3O3/c1-2-9-23-22(26)17-11-15-14-5-3-4-6-16(14)24-21(15)20(25-17)13-7-8-18-19(10-13)28-12-27-18/h3-8,10,17,20,24-25H,2,9,11-12H2,1H3,(H,23,26)/t17?,20-/m1/s1. The van der Waals surface area contributed by atoms with Crippen LogP contribution in [0.2, 0.25) is 0 Å². The van der Waals surface area contributed by atoms with Gasteiger partial charge in [-0.15, -0.1) is 0 Å². The highest BCUT2D eigenvalue weighted by Gasteiger charge is 2.34. The molecule has 0 saturated carbocycles. The number of hydrogen-bond acceptors (Lipinski definition) is 4. The molecular formula is C22H23N3O3. The van der Waals surface area contributed by atoms with Gasteiger partial charge < -0.3 is 19.8 Å². The number of hydrogen-bond donors (Lipinski definition) is 3. The predicted molar refractivity (Wildman–Crippen MR) is 107 cm³/mol. The van der Waals surface area contributed by atoms with E-state index in [0.29, 0.717) is 13.0 Å². The van der Waals surface area contributed by atoms with Gasteiger partial charge in [0.25, 0.3) is 0 Å². The molecule has 0 bridgehead atoms. The Kier molecular flexibility index (Phi) is 4.20. The van der Waals surface area contributed by atoms with Crippen LogP contribution < -0.4 is 20.1 Å². The van der Waals surface area contributed by atoms with Gasteiger partial charge in [-0.25, -0.2) is 0 Å². The monoisotopic (exact) mass is 377 g/mol. The molecule has 5 rings (SSSR count). The highest BCUT2D eigenvalue weighted by Crippen LogP contribution is 2.39. The van der Waals surface area contributed by atoms with E-state index in [4.69, 9.17) is 9.47 Å². The minimum absolute atomic E-state index is 0.0449. The molecular weight excluding hydrogens is 354 g/mol. The van der Waals surface area contributed by atoms with Gasteiger partial charge >= 0.3 is 0 Å². The van der Waals surface area contributed by atoms with E-state index in [1.165, 1.54) is 10.9 Å². The van der Waals surface area contributed by atoms with Crippen molar-refractivity contribution in [2.75, 3.05) is 13.3 Å². The average Bonchev–Trinajstić information content (AvgIpc) is 3.35. The fourth-order valence-electron chi connectivity index (χ4n) is 4.13. The Bertz CT molecular complexity index is 1040. The van der Waals surface area contributed by atoms with Gasteiger partial charge in [-0.2, -0.15) is 0 Å². The number of benzene rings is 2. The van der Waals surface area contributed by atoms with Gasteiger partial charge in [0.2, 0.25) is 12.7 Å². The van der Waals surface area contributed by atoms with Crippen LogP contribution in [0.3, 0.4) is 0 Å². The Morgan fingerprint density at radius 2 is 2.04 bits per heavy atom. The van der Waals surface area contributed by atoms with Crippen molar-refractivity contribution in [2.45, 2.75) is 31.8 Å². The lowest BCUT2D eigenvalue weighted by Gasteiger charge is -2.31. The van der Waals surface area contributed by atoms with E-state index < -0.39 is 0 Å². The SMILES string of the molecule is CCCNC(=O)C1Cc2c([nH]c3ccccc23)[C@@H](c2ccc3c(c2)OCO3)N1. The molecule has 2 atom stereocenters. The second kappa shape index (κ2) is 6.87. The maximum atomic E-state index is 12.8. The lowest BCUT2D eigenvalue weighted by atomic mass is 9.90. The van der Waals surface area contributed by atoms with Crippen LogP contribution in [0, 0.1) is 0 Å². The van der Waals surface area contributed by atoms with Crippen LogP contribution in [0.15, 0.2) is 42.5 Å². The Labute approximate surface area is 163 Å². The molecule has 3 heterocycles. The second-order valence-electron chi connectivity index (χ2n) is 7.32. The third-order valence-electron chi connectivity index (χ3n) is 5.51. The van der Waals surface area contributed by atoms with Gasteiger partial charge in [0.15, 0.2) is 11.5 Å². The summed E-state index contributed by atoms with van der Waals surface area (Å²) in [7, 11) is 0. The number of H-pyrrole nitrogens is 1. The number of para-hydroxylation sites is 1. The molecule has 1 unspecified atom stereocenters. The van der Waals surface area contributed by atoms with E-state index >= 15 is 0 Å². The van der Waals surface area contributed by atoms with E-state index in [1.807, 2.05) is 30.3 Å². The highest BCUT2D eigenvalue weighted by atomic mass is 16.7. The first-order chi connectivity index (χ1) is 13.7. The van der Waals surface area contributed by atoms with Gasteiger partial charge in [0.1, 0.15) is 0 Å². The van der Waals surface area contributed by atoms with Crippen LogP contribution in [-0.4, -0.2) is 30.3 Å². The summed E-state index contributed by atoms with van der Waals surface area (Å²) < 4.78 is 11.0. The van der Waals surface area contributed by atoms with E-state index in [0.717, 1.165) is 34.7 Å². The number of aromatic amines is 1. The van der Waals surface area contributed by atoms with Crippen molar-refractivity contribution >= 4 is 16.8 Å². The summed E-state index contributed by atoms with van der Waals surface area (Å²) in [6.07, 6.45) is 1.58. The summed E-state index contributed by atoms with van der Waals surface area (Å²) in [6, 6.07) is 13.8. The van der Waals surface area contributed by atoms with Gasteiger partial charge in [-0.05, 0) is 42.2 Å². The topological polar surface area (TPSA) is 75.4 Å². The zero-order valence-electron chi connectivity index (χ0n) is 15.7. The van der Waals surface area contributed by atoms with Crippen LogP contribution in [0.4, 0.5) is 0 Å². The molecule has 1 amide bonds. The van der Waals surface area contributed by atoms with Crippen LogP contribution >= 0.6 is 0 Å². The van der Waals surface area contributed by atoms with E-state index in [9.17, 15) is 4.79 Å². The van der Waals surface area contributed by atoms with Crippen molar-refractivity contribution in [2.24, 2.45) is 0 Å². The van der Waals surface area contributed by atoms with Gasteiger partial charge in [0, 0.05) is 23.1 Å². The maximum absolute atomic E-state index is 12.8. The van der Waals surface area contributed by atoms with Gasteiger partial charge in [0.05, 0.1) is 12.1 Å². The van der Waals surface area contributed by atoms with Gasteiger partial charge in [-0.1, -0.05) is 31.2 Å². The zero-order chi connectivity index (χ0) is 19.1. The number of amides is 1. The molecule has 144 valence electrons. The Morgan fingerprint density at radius 3 is 2.93 bits per heavy atom. The molecule has 2 aromatic carbocycles. The molecule has 2 aliphatic rings. The Morgan fingerprint density at radius 1 is 1.18 bits per heavy atom. The number of aromatic nitrogens is 1. The van der Waals surface area contributed by atoms with Crippen molar-refractivity contribution in [1.82, 2.24) is 15.6 Å². The van der Waals surface area contributed by atoms with Crippen LogP contribution in [-0.2, 0) is 11.2 Å². The van der Waals surface area contributed by atoms with Crippen LogP contribution in [0.5, 0.6) is 11.5 Å². The van der Waals surface area contributed by atoms with E-state index in [-0.39, 0.29) is 24.8 Å². The van der Waals surface area contributed by atoms with Crippen molar-refractivity contribution in [3.8, 4) is 11.5 Å². The van der Waals surface area contributed by atoms with E-state index in [2.05, 4.69) is 34.7 Å². The largest absolute Gasteiger partial charge is 0.454 e. The first kappa shape index (κ1) is 17.1. The van der Waals surface area contributed by atoms with Gasteiger partial charge in [-0.3, -0.25) is 10.1 Å². The first-order valence-electron chi connectivity index (χ1n) is 9.77. The van der Waals surface area contributed by atoms with Crippen LogP contribution in [0.1, 0.15) is 36.2 Å². The average molecular weight is 377 g/mol. The summed E-state index contributed by atoms with van der Waals surface area (Å²) in [5.41, 5.74) is 4.45. The molecule has 28 heavy (non-hydrogen) atoms. The minimum atomic E-state index is -0.284. The number of fused-ring (bicyclic) bond motifs is 4. The van der Waals surface area contributed by atoms with Crippen molar-refractivity contribution in [3.05, 3.63) is 59.3 Å². The molecule has 0 fully saturated rings. The summed E-state index contributed by atoms with van der Waals surface area (Å²) in [5.74, 6) is 1.55. The van der Waals surface area contributed by atoms with Crippen molar-refractivity contribution in [3.63, 3.8) is 0 Å². The maximum Gasteiger partial charge on any atom is 0.237 e. The molecule has 6 nitrogen and oxygen atoms in total. The number of carbonyl (C=O) groups excluding carboxylic acids is 1. The summed E-state index contributed by atoms with van der Waals surface area (Å²) in [6.45, 7) is 2.99. The third-order valence-corrected chi connectivity index (χ3v) is 5.51. The summed E-state index contributed by atoms with van der Waals surface area (Å²) >= 11 is 0. The fourth-order valence-corrected chi connectivity index (χ4v) is 4.13. The lowest BCUT2D eigenvalue weighted by Crippen LogP contribution is -2.50. The normalized spacial score (nSPS) is 20.2. The van der Waals surface area contributed by atoms with Crippen molar-refractivity contribution < 1.29 is 14.3 Å².